The molecule has 7 heteroatoms. The molecule has 1 aliphatic rings. The molecule has 0 bridgehead atoms. The summed E-state index contributed by atoms with van der Waals surface area (Å²) in [6, 6.07) is 7.21. The van der Waals surface area contributed by atoms with Crippen molar-refractivity contribution in [2.24, 2.45) is 11.1 Å². The van der Waals surface area contributed by atoms with Crippen molar-refractivity contribution in [2.75, 3.05) is 20.7 Å². The number of ether oxygens (including phenoxy) is 1. The molecule has 0 saturated heterocycles. The zero-order valence-corrected chi connectivity index (χ0v) is 17.0. The zero-order valence-electron chi connectivity index (χ0n) is 16.2. The number of carbonyl (C=O) groups is 2. The first kappa shape index (κ1) is 22.4. The first-order valence-corrected chi connectivity index (χ1v) is 8.63. The van der Waals surface area contributed by atoms with Gasteiger partial charge in [0.1, 0.15) is 5.54 Å². The highest BCUT2D eigenvalue weighted by Gasteiger charge is 2.62. The lowest BCUT2D eigenvalue weighted by molar-refractivity contribution is -0.170. The lowest BCUT2D eigenvalue weighted by atomic mass is 9.54. The number of nitrogens with one attached hydrogen (secondary N) is 1. The molecule has 0 spiro atoms. The molecular weight excluding hydrogens is 354 g/mol. The van der Waals surface area contributed by atoms with E-state index in [2.05, 4.69) is 5.32 Å². The lowest BCUT2D eigenvalue weighted by Crippen LogP contribution is -2.75. The summed E-state index contributed by atoms with van der Waals surface area (Å²) in [5.74, 6) is -0.212. The Balaban J connectivity index is 0.00000338. The molecule has 1 fully saturated rings. The largest absolute Gasteiger partial charge is 0.378 e. The molecule has 6 nitrogen and oxygen atoms in total. The van der Waals surface area contributed by atoms with Gasteiger partial charge in [0, 0.05) is 44.6 Å². The Morgan fingerprint density at radius 2 is 1.85 bits per heavy atom. The second kappa shape index (κ2) is 8.37. The molecule has 3 N–H and O–H groups in total. The van der Waals surface area contributed by atoms with E-state index in [0.717, 1.165) is 5.56 Å². The number of hydrogen-bond acceptors (Lipinski definition) is 4. The third-order valence-corrected chi connectivity index (χ3v) is 5.30. The molecule has 0 aliphatic heterocycles. The molecule has 26 heavy (non-hydrogen) atoms. The minimum atomic E-state index is -0.923. The molecule has 1 aliphatic carbocycles. The van der Waals surface area contributed by atoms with Crippen molar-refractivity contribution in [1.29, 1.82) is 0 Å². The molecule has 1 saturated carbocycles. The third-order valence-electron chi connectivity index (χ3n) is 5.30. The number of nitrogens with two attached hydrogens (primary N) is 1. The Morgan fingerprint density at radius 1 is 1.27 bits per heavy atom. The highest BCUT2D eigenvalue weighted by atomic mass is 35.5. The van der Waals surface area contributed by atoms with Crippen LogP contribution in [-0.4, -0.2) is 49.1 Å². The van der Waals surface area contributed by atoms with Crippen molar-refractivity contribution in [1.82, 2.24) is 10.2 Å². The van der Waals surface area contributed by atoms with Gasteiger partial charge in [-0.1, -0.05) is 26.0 Å². The van der Waals surface area contributed by atoms with E-state index in [-0.39, 0.29) is 30.3 Å². The standard InChI is InChI=1S/C19H29N3O3.ClH/c1-6-25-15-11-19(20,18(15,2)3)17(24)21-12-13-7-9-14(10-8-13)16(23)22(4)5;/h7-10,15H,6,11-12,20H2,1-5H3,(H,21,24);1H. The van der Waals surface area contributed by atoms with Crippen molar-refractivity contribution in [3.8, 4) is 0 Å². The van der Waals surface area contributed by atoms with E-state index in [9.17, 15) is 9.59 Å². The van der Waals surface area contributed by atoms with Crippen molar-refractivity contribution in [3.05, 3.63) is 35.4 Å². The smallest absolute Gasteiger partial charge is 0.253 e. The number of rotatable bonds is 6. The summed E-state index contributed by atoms with van der Waals surface area (Å²) in [5.41, 5.74) is 6.58. The Bertz CT molecular complexity index is 646. The van der Waals surface area contributed by atoms with Crippen LogP contribution >= 0.6 is 12.4 Å². The van der Waals surface area contributed by atoms with Gasteiger partial charge in [0.05, 0.1) is 6.10 Å². The lowest BCUT2D eigenvalue weighted by Gasteiger charge is -2.57. The number of carbonyl (C=O) groups excluding carboxylic acids is 2. The van der Waals surface area contributed by atoms with Gasteiger partial charge in [-0.25, -0.2) is 0 Å². The van der Waals surface area contributed by atoms with Gasteiger partial charge in [-0.2, -0.15) is 0 Å². The monoisotopic (exact) mass is 383 g/mol. The second-order valence-corrected chi connectivity index (χ2v) is 7.42. The van der Waals surface area contributed by atoms with Gasteiger partial charge < -0.3 is 20.7 Å². The number of halogens is 1. The normalized spacial score (nSPS) is 23.4. The fraction of sp³-hybridized carbons (Fsp3) is 0.579. The maximum Gasteiger partial charge on any atom is 0.253 e. The van der Waals surface area contributed by atoms with Crippen LogP contribution < -0.4 is 11.1 Å². The highest BCUT2D eigenvalue weighted by Crippen LogP contribution is 2.49. The zero-order chi connectivity index (χ0) is 18.8. The van der Waals surface area contributed by atoms with E-state index in [1.165, 1.54) is 4.90 Å². The molecule has 0 radical (unpaired) electrons. The molecule has 2 rings (SSSR count). The van der Waals surface area contributed by atoms with Crippen LogP contribution in [-0.2, 0) is 16.1 Å². The molecule has 2 atom stereocenters. The fourth-order valence-corrected chi connectivity index (χ4v) is 3.18. The topological polar surface area (TPSA) is 84.7 Å². The molecule has 146 valence electrons. The minimum absolute atomic E-state index is 0. The van der Waals surface area contributed by atoms with E-state index in [4.69, 9.17) is 10.5 Å². The van der Waals surface area contributed by atoms with Crippen LogP contribution in [0.25, 0.3) is 0 Å². The van der Waals surface area contributed by atoms with Gasteiger partial charge in [-0.3, -0.25) is 9.59 Å². The van der Waals surface area contributed by atoms with Crippen LogP contribution in [0.5, 0.6) is 0 Å². The van der Waals surface area contributed by atoms with E-state index < -0.39 is 11.0 Å². The Morgan fingerprint density at radius 3 is 2.31 bits per heavy atom. The summed E-state index contributed by atoms with van der Waals surface area (Å²) in [7, 11) is 3.43. The molecular formula is C19H30ClN3O3. The number of amides is 2. The molecule has 0 heterocycles. The minimum Gasteiger partial charge on any atom is -0.378 e. The van der Waals surface area contributed by atoms with Crippen LogP contribution in [0.4, 0.5) is 0 Å². The fourth-order valence-electron chi connectivity index (χ4n) is 3.18. The van der Waals surface area contributed by atoms with Crippen LogP contribution in [0, 0.1) is 5.41 Å². The summed E-state index contributed by atoms with van der Waals surface area (Å²) in [5, 5.41) is 2.92. The van der Waals surface area contributed by atoms with E-state index in [0.29, 0.717) is 25.1 Å². The van der Waals surface area contributed by atoms with Crippen LogP contribution in [0.15, 0.2) is 24.3 Å². The van der Waals surface area contributed by atoms with E-state index >= 15 is 0 Å². The maximum atomic E-state index is 12.6. The molecule has 2 unspecified atom stereocenters. The third kappa shape index (κ3) is 4.03. The maximum absolute atomic E-state index is 12.6. The quantitative estimate of drug-likeness (QED) is 0.786. The SMILES string of the molecule is CCOC1CC(N)(C(=O)NCc2ccc(C(=O)N(C)C)cc2)C1(C)C.Cl. The average Bonchev–Trinajstić information content (AvgIpc) is 2.58. The molecule has 2 amide bonds. The number of benzene rings is 1. The molecule has 0 aromatic heterocycles. The summed E-state index contributed by atoms with van der Waals surface area (Å²) >= 11 is 0. The average molecular weight is 384 g/mol. The van der Waals surface area contributed by atoms with E-state index in [1.807, 2.05) is 32.9 Å². The first-order chi connectivity index (χ1) is 11.6. The van der Waals surface area contributed by atoms with Crippen molar-refractivity contribution >= 4 is 24.2 Å². The van der Waals surface area contributed by atoms with Crippen LogP contribution in [0.1, 0.15) is 43.1 Å². The van der Waals surface area contributed by atoms with Gasteiger partial charge in [0.2, 0.25) is 5.91 Å². The van der Waals surface area contributed by atoms with E-state index in [1.54, 1.807) is 26.2 Å². The summed E-state index contributed by atoms with van der Waals surface area (Å²) in [6.45, 7) is 6.88. The Labute approximate surface area is 161 Å². The Kier molecular flexibility index (Phi) is 7.22. The van der Waals surface area contributed by atoms with Gasteiger partial charge in [-0.15, -0.1) is 12.4 Å². The van der Waals surface area contributed by atoms with Crippen LogP contribution in [0.2, 0.25) is 0 Å². The van der Waals surface area contributed by atoms with Gasteiger partial charge >= 0.3 is 0 Å². The highest BCUT2D eigenvalue weighted by molar-refractivity contribution is 5.94. The predicted molar refractivity (Wildman–Crippen MR) is 104 cm³/mol. The van der Waals surface area contributed by atoms with Gasteiger partial charge in [0.25, 0.3) is 5.91 Å². The summed E-state index contributed by atoms with van der Waals surface area (Å²) in [6.07, 6.45) is 0.528. The Hall–Kier alpha value is -1.63. The predicted octanol–water partition coefficient (Wildman–Crippen LogP) is 1.96. The first-order valence-electron chi connectivity index (χ1n) is 8.63. The summed E-state index contributed by atoms with van der Waals surface area (Å²) < 4.78 is 5.66. The molecule has 1 aromatic carbocycles. The number of nitrogens with zero attached hydrogens (tertiary/aromatic N) is 1. The molecule has 1 aromatic rings. The van der Waals surface area contributed by atoms with Crippen LogP contribution in [0.3, 0.4) is 0 Å². The number of hydrogen-bond donors (Lipinski definition) is 2. The second-order valence-electron chi connectivity index (χ2n) is 7.42. The van der Waals surface area contributed by atoms with Crippen molar-refractivity contribution in [2.45, 2.75) is 45.4 Å². The van der Waals surface area contributed by atoms with Crippen molar-refractivity contribution in [3.63, 3.8) is 0 Å². The van der Waals surface area contributed by atoms with Gasteiger partial charge in [0.15, 0.2) is 0 Å². The van der Waals surface area contributed by atoms with Gasteiger partial charge in [-0.05, 0) is 24.6 Å². The summed E-state index contributed by atoms with van der Waals surface area (Å²) in [4.78, 5) is 26.0. The van der Waals surface area contributed by atoms with Crippen molar-refractivity contribution < 1.29 is 14.3 Å².